The summed E-state index contributed by atoms with van der Waals surface area (Å²) in [6, 6.07) is 1.75. The number of anilines is 3. The van der Waals surface area contributed by atoms with Gasteiger partial charge in [0.1, 0.15) is 11.7 Å². The molecule has 2 aromatic rings. The fourth-order valence-corrected chi connectivity index (χ4v) is 4.69. The molecule has 6 rings (SSSR count). The number of nitrogens with one attached hydrogen (secondary N) is 1. The van der Waals surface area contributed by atoms with Crippen LogP contribution in [0.15, 0.2) is 16.7 Å². The summed E-state index contributed by atoms with van der Waals surface area (Å²) in [6.07, 6.45) is -0.764. The van der Waals surface area contributed by atoms with Crippen LogP contribution in [0.4, 0.5) is 30.9 Å². The van der Waals surface area contributed by atoms with Gasteiger partial charge in [0.25, 0.3) is 17.6 Å². The second-order valence-corrected chi connectivity index (χ2v) is 7.77. The lowest BCUT2D eigenvalue weighted by Gasteiger charge is -2.28. The zero-order valence-electron chi connectivity index (χ0n) is 14.7. The van der Waals surface area contributed by atoms with Gasteiger partial charge in [0, 0.05) is 31.3 Å². The number of carbonyl (C=O) groups excluding carboxylic acids is 1. The van der Waals surface area contributed by atoms with E-state index in [2.05, 4.69) is 15.5 Å². The Morgan fingerprint density at radius 2 is 1.96 bits per heavy atom. The maximum atomic E-state index is 14.9. The van der Waals surface area contributed by atoms with Crippen molar-refractivity contribution in [2.24, 2.45) is 17.6 Å². The van der Waals surface area contributed by atoms with Crippen LogP contribution in [0.25, 0.3) is 0 Å². The Morgan fingerprint density at radius 1 is 1.29 bits per heavy atom. The molecule has 11 heteroatoms. The number of ether oxygens (including phenoxy) is 1. The molecular formula is C17H16F2N6O3. The Bertz CT molecular complexity index is 995. The van der Waals surface area contributed by atoms with Gasteiger partial charge in [-0.1, -0.05) is 0 Å². The Kier molecular flexibility index (Phi) is 2.81. The van der Waals surface area contributed by atoms with Gasteiger partial charge in [-0.15, -0.1) is 0 Å². The van der Waals surface area contributed by atoms with Crippen LogP contribution in [-0.4, -0.2) is 41.4 Å². The van der Waals surface area contributed by atoms with Gasteiger partial charge in [-0.3, -0.25) is 4.90 Å². The molecule has 3 fully saturated rings. The Balaban J connectivity index is 1.33. The summed E-state index contributed by atoms with van der Waals surface area (Å²) in [6.45, 7) is 2.74. The summed E-state index contributed by atoms with van der Waals surface area (Å²) in [5.41, 5.74) is 4.52. The first kappa shape index (κ1) is 16.0. The minimum Gasteiger partial charge on any atom is -0.410 e. The van der Waals surface area contributed by atoms with Gasteiger partial charge >= 0.3 is 6.09 Å². The number of piperidine rings is 1. The van der Waals surface area contributed by atoms with Gasteiger partial charge in [-0.05, 0) is 23.9 Å². The number of nitrogens with zero attached hydrogens (tertiary/aromatic N) is 4. The molecule has 1 unspecified atom stereocenters. The van der Waals surface area contributed by atoms with Crippen molar-refractivity contribution in [2.75, 3.05) is 28.2 Å². The maximum Gasteiger partial charge on any atom is 0.417 e. The number of nitrogens with two attached hydrogens (primary N) is 1. The predicted molar refractivity (Wildman–Crippen MR) is 91.5 cm³/mol. The fourth-order valence-electron chi connectivity index (χ4n) is 4.69. The molecule has 3 N–H and O–H groups in total. The number of halogens is 2. The van der Waals surface area contributed by atoms with Crippen molar-refractivity contribution in [3.05, 3.63) is 29.7 Å². The monoisotopic (exact) mass is 390 g/mol. The molecule has 1 saturated carbocycles. The minimum atomic E-state index is -1.36. The highest BCUT2D eigenvalue weighted by atomic mass is 19.1. The first-order chi connectivity index (χ1) is 13.4. The highest BCUT2D eigenvalue weighted by molar-refractivity contribution is 5.92. The number of hydrogen-bond donors (Lipinski definition) is 2. The lowest BCUT2D eigenvalue weighted by Crippen LogP contribution is -2.46. The van der Waals surface area contributed by atoms with Crippen LogP contribution in [0.2, 0.25) is 0 Å². The second kappa shape index (κ2) is 4.90. The molecule has 1 aliphatic carbocycles. The molecule has 28 heavy (non-hydrogen) atoms. The lowest BCUT2D eigenvalue weighted by atomic mass is 10.1. The molecule has 2 bridgehead atoms. The average Bonchev–Trinajstić information content (AvgIpc) is 3.15. The van der Waals surface area contributed by atoms with Crippen LogP contribution in [0.1, 0.15) is 12.8 Å². The highest BCUT2D eigenvalue weighted by Gasteiger charge is 2.61. The fraction of sp³-hybridized carbons (Fsp3) is 0.471. The number of benzene rings is 1. The third-order valence-corrected chi connectivity index (χ3v) is 6.32. The number of aromatic nitrogens is 2. The Hall–Kier alpha value is -2.95. The molecule has 4 aliphatic rings. The van der Waals surface area contributed by atoms with E-state index in [0.29, 0.717) is 24.9 Å². The van der Waals surface area contributed by atoms with Gasteiger partial charge < -0.3 is 25.2 Å². The summed E-state index contributed by atoms with van der Waals surface area (Å²) in [5, 5.41) is 6.51. The number of rotatable bonds is 2. The van der Waals surface area contributed by atoms with E-state index in [4.69, 9.17) is 15.0 Å². The van der Waals surface area contributed by atoms with Crippen molar-refractivity contribution in [2.45, 2.75) is 24.7 Å². The predicted octanol–water partition coefficient (Wildman–Crippen LogP) is 1.36. The maximum absolute atomic E-state index is 14.9. The zero-order valence-corrected chi connectivity index (χ0v) is 14.7. The summed E-state index contributed by atoms with van der Waals surface area (Å²) in [4.78, 5) is 19.4. The summed E-state index contributed by atoms with van der Waals surface area (Å²) >= 11 is 0. The molecule has 146 valence electrons. The topological polar surface area (TPSA) is 110 Å². The quantitative estimate of drug-likeness (QED) is 0.791. The van der Waals surface area contributed by atoms with Crippen LogP contribution in [0.3, 0.4) is 0 Å². The van der Waals surface area contributed by atoms with Crippen LogP contribution in [0.5, 0.6) is 0 Å². The number of fused-ring (bicyclic) bond motifs is 4. The minimum absolute atomic E-state index is 0.0568. The molecular weight excluding hydrogens is 374 g/mol. The van der Waals surface area contributed by atoms with Gasteiger partial charge in [0.2, 0.25) is 0 Å². The van der Waals surface area contributed by atoms with Gasteiger partial charge in [-0.2, -0.15) is 4.98 Å². The first-order valence-electron chi connectivity index (χ1n) is 9.03. The van der Waals surface area contributed by atoms with Crippen LogP contribution in [0, 0.1) is 23.5 Å². The molecule has 1 aromatic carbocycles. The molecule has 2 saturated heterocycles. The van der Waals surface area contributed by atoms with Crippen LogP contribution >= 0.6 is 0 Å². The third kappa shape index (κ3) is 1.84. The number of carbonyl (C=O) groups is 1. The molecule has 1 spiro atoms. The van der Waals surface area contributed by atoms with E-state index >= 15 is 0 Å². The Labute approximate surface area is 157 Å². The third-order valence-electron chi connectivity index (χ3n) is 6.32. The van der Waals surface area contributed by atoms with Crippen molar-refractivity contribution >= 4 is 23.4 Å². The largest absolute Gasteiger partial charge is 0.417 e. The Morgan fingerprint density at radius 3 is 2.54 bits per heavy atom. The summed E-state index contributed by atoms with van der Waals surface area (Å²) in [7, 11) is 0. The summed E-state index contributed by atoms with van der Waals surface area (Å²) in [5.74, 6) is -0.598. The van der Waals surface area contributed by atoms with Crippen molar-refractivity contribution in [3.8, 4) is 0 Å². The van der Waals surface area contributed by atoms with Crippen LogP contribution < -0.4 is 20.9 Å². The first-order valence-corrected chi connectivity index (χ1v) is 9.03. The second-order valence-electron chi connectivity index (χ2n) is 7.77. The van der Waals surface area contributed by atoms with E-state index in [1.165, 1.54) is 4.90 Å². The van der Waals surface area contributed by atoms with Crippen LogP contribution in [-0.2, 0) is 10.5 Å². The number of amides is 1. The smallest absolute Gasteiger partial charge is 0.410 e. The molecule has 0 radical (unpaired) electrons. The van der Waals surface area contributed by atoms with E-state index in [1.54, 1.807) is 11.8 Å². The number of hydrogen-bond acceptors (Lipinski definition) is 8. The van der Waals surface area contributed by atoms with E-state index in [-0.39, 0.29) is 29.3 Å². The normalized spacial score (nSPS) is 34.8. The van der Waals surface area contributed by atoms with E-state index < -0.39 is 29.5 Å². The average molecular weight is 390 g/mol. The molecule has 1 amide bonds. The molecule has 1 aromatic heterocycles. The van der Waals surface area contributed by atoms with Crippen molar-refractivity contribution in [3.63, 3.8) is 0 Å². The molecule has 5 atom stereocenters. The molecule has 3 aliphatic heterocycles. The van der Waals surface area contributed by atoms with Crippen molar-refractivity contribution in [1.82, 2.24) is 10.1 Å². The standard InChI is InChI=1S/C17H16F2N6O3/c1-6-17(14-21-15(22-17)23-28-14)27-16(26)25(6)7-2-10(18)13(11(19)3-7)24-4-8-9(5-24)12(8)20/h2-3,6,8-9,12H,4-5,20H2,1H3,(H,22,23)/t6?,8-,9+,12+,17-/m0/s1. The van der Waals surface area contributed by atoms with Crippen molar-refractivity contribution < 1.29 is 22.8 Å². The SMILES string of the molecule is CC1N(c2cc(F)c(N3C[C@@H]4[C@@H](N)[C@@H]4C3)c(F)c2)C(=O)O[C@@]12Nc1noc2n1. The van der Waals surface area contributed by atoms with Gasteiger partial charge in [0.15, 0.2) is 11.6 Å². The van der Waals surface area contributed by atoms with Crippen molar-refractivity contribution in [1.29, 1.82) is 0 Å². The lowest BCUT2D eigenvalue weighted by molar-refractivity contribution is 0.0313. The molecule has 4 heterocycles. The van der Waals surface area contributed by atoms with E-state index in [0.717, 1.165) is 12.1 Å². The highest BCUT2D eigenvalue weighted by Crippen LogP contribution is 2.48. The van der Waals surface area contributed by atoms with Gasteiger partial charge in [-0.25, -0.2) is 13.6 Å². The van der Waals surface area contributed by atoms with Gasteiger partial charge in [0.05, 0.1) is 5.69 Å². The zero-order chi connectivity index (χ0) is 19.4. The molecule has 9 nitrogen and oxygen atoms in total. The van der Waals surface area contributed by atoms with E-state index in [1.807, 2.05) is 0 Å². The van der Waals surface area contributed by atoms with E-state index in [9.17, 15) is 13.6 Å². The summed E-state index contributed by atoms with van der Waals surface area (Å²) < 4.78 is 40.2.